The Bertz CT molecular complexity index is 4850. The number of benzene rings is 14. The smallest absolute Gasteiger partial charge is 0.119 e. The van der Waals surface area contributed by atoms with Gasteiger partial charge in [0, 0.05) is 35.5 Å². The fraction of sp³-hybridized carbons (Fsp3) is 0.374. The summed E-state index contributed by atoms with van der Waals surface area (Å²) in [5.74, 6) is 5.99. The fourth-order valence-electron chi connectivity index (χ4n) is 13.2. The van der Waals surface area contributed by atoms with E-state index in [9.17, 15) is 5.11 Å². The van der Waals surface area contributed by atoms with Crippen molar-refractivity contribution >= 4 is 64.6 Å². The second-order valence-electron chi connectivity index (χ2n) is 29.3. The van der Waals surface area contributed by atoms with E-state index in [1.54, 1.807) is 24.3 Å². The molecule has 0 aliphatic heterocycles. The zero-order valence-electron chi connectivity index (χ0n) is 74.6. The summed E-state index contributed by atoms with van der Waals surface area (Å²) in [7, 11) is 5.00. The SMILES string of the molecule is C.C.C.C.C.C.CCC(C)c1c2ccccc2cc2ccccc12.CCC(C)c1ccc(O)cc1.CCC(C)c1ccc2cc3ccccc3cc2c1.CCC(C)c1ccc2ccccc2c1.CCC(C)c1cccc(O)c1.CCC(C)c1cccc2ccccc12.CCC(C)c1ccccc1.CCC(C)c1ccccc1O.CO.CO.CO.CO.CO. The molecule has 0 heterocycles. The van der Waals surface area contributed by atoms with E-state index >= 15 is 0 Å². The highest BCUT2D eigenvalue weighted by atomic mass is 16.3. The monoisotopic (exact) mass is 1680 g/mol. The van der Waals surface area contributed by atoms with Crippen molar-refractivity contribution in [2.75, 3.05) is 35.5 Å². The third-order valence-electron chi connectivity index (χ3n) is 21.9. The third-order valence-corrected chi connectivity index (χ3v) is 21.9. The van der Waals surface area contributed by atoms with Crippen LogP contribution in [0.3, 0.4) is 0 Å². The van der Waals surface area contributed by atoms with Crippen molar-refractivity contribution in [1.82, 2.24) is 0 Å². The van der Waals surface area contributed by atoms with Gasteiger partial charge in [-0.05, 0) is 256 Å². The molecule has 8 N–H and O–H groups in total. The van der Waals surface area contributed by atoms with Crippen molar-refractivity contribution in [3.63, 3.8) is 0 Å². The van der Waals surface area contributed by atoms with Crippen LogP contribution in [-0.4, -0.2) is 76.4 Å². The molecule has 8 nitrogen and oxygen atoms in total. The van der Waals surface area contributed by atoms with Crippen molar-refractivity contribution in [2.24, 2.45) is 0 Å². The number of hydrogen-bond acceptors (Lipinski definition) is 8. The molecule has 0 saturated heterocycles. The lowest BCUT2D eigenvalue weighted by molar-refractivity contribution is 0.399. The predicted octanol–water partition coefficient (Wildman–Crippen LogP) is 33.5. The maximum atomic E-state index is 9.41. The molecule has 8 atom stereocenters. The van der Waals surface area contributed by atoms with E-state index in [1.165, 1.54) is 136 Å². The van der Waals surface area contributed by atoms with Crippen molar-refractivity contribution in [2.45, 2.75) is 254 Å². The molecule has 0 saturated carbocycles. The van der Waals surface area contributed by atoms with Gasteiger partial charge in [-0.2, -0.15) is 0 Å². The van der Waals surface area contributed by atoms with Crippen LogP contribution in [-0.2, 0) is 0 Å². The number of phenols is 3. The van der Waals surface area contributed by atoms with Gasteiger partial charge in [-0.3, -0.25) is 0 Å². The number of aromatic hydroxyl groups is 3. The van der Waals surface area contributed by atoms with E-state index in [0.717, 1.165) is 60.4 Å². The Kier molecular flexibility index (Phi) is 69.3. The number of hydrogen-bond donors (Lipinski definition) is 8. The Morgan fingerprint density at radius 3 is 0.902 bits per heavy atom. The molecule has 0 bridgehead atoms. The van der Waals surface area contributed by atoms with E-state index in [4.69, 9.17) is 35.7 Å². The van der Waals surface area contributed by atoms with Crippen molar-refractivity contribution in [3.8, 4) is 17.2 Å². The minimum Gasteiger partial charge on any atom is -0.508 e. The summed E-state index contributed by atoms with van der Waals surface area (Å²) in [4.78, 5) is 0. The van der Waals surface area contributed by atoms with Gasteiger partial charge in [0.15, 0.2) is 0 Å². The number of aliphatic hydroxyl groups is 5. The summed E-state index contributed by atoms with van der Waals surface area (Å²) in [5.41, 5.74) is 10.9. The zero-order chi connectivity index (χ0) is 87.2. The Morgan fingerprint density at radius 2 is 0.463 bits per heavy atom. The number of para-hydroxylation sites is 1. The average Bonchev–Trinajstić information content (AvgIpc) is 0.770. The number of phenolic OH excluding ortho intramolecular Hbond substituents is 3. The quantitative estimate of drug-likeness (QED) is 0.0444. The predicted molar refractivity (Wildman–Crippen MR) is 552 cm³/mol. The van der Waals surface area contributed by atoms with Crippen LogP contribution >= 0.6 is 0 Å². The normalized spacial score (nSPS) is 11.5. The van der Waals surface area contributed by atoms with E-state index in [-0.39, 0.29) is 44.6 Å². The minimum atomic E-state index is 0. The maximum Gasteiger partial charge on any atom is 0.119 e. The molecule has 8 heteroatoms. The molecule has 123 heavy (non-hydrogen) atoms. The molecule has 0 aliphatic rings. The van der Waals surface area contributed by atoms with Gasteiger partial charge in [-0.1, -0.05) is 404 Å². The van der Waals surface area contributed by atoms with Crippen molar-refractivity contribution in [1.29, 1.82) is 0 Å². The summed E-state index contributed by atoms with van der Waals surface area (Å²) >= 11 is 0. The van der Waals surface area contributed by atoms with E-state index in [0.29, 0.717) is 64.6 Å². The summed E-state index contributed by atoms with van der Waals surface area (Å²) in [6.45, 7) is 35.6. The first kappa shape index (κ1) is 121. The molecule has 0 aliphatic carbocycles. The van der Waals surface area contributed by atoms with Gasteiger partial charge in [0.25, 0.3) is 0 Å². The third kappa shape index (κ3) is 39.9. The first-order valence-electron chi connectivity index (χ1n) is 42.2. The highest BCUT2D eigenvalue weighted by Gasteiger charge is 2.14. The molecular weight excluding hydrogens is 1510 g/mol. The minimum absolute atomic E-state index is 0. The lowest BCUT2D eigenvalue weighted by Crippen LogP contribution is -1.95. The summed E-state index contributed by atoms with van der Waals surface area (Å²) < 4.78 is 0. The molecule has 14 aromatic carbocycles. The van der Waals surface area contributed by atoms with Gasteiger partial charge in [-0.15, -0.1) is 0 Å². The van der Waals surface area contributed by atoms with Gasteiger partial charge in [-0.25, -0.2) is 0 Å². The van der Waals surface area contributed by atoms with Gasteiger partial charge in [0.05, 0.1) is 0 Å². The zero-order valence-corrected chi connectivity index (χ0v) is 74.6. The van der Waals surface area contributed by atoms with Crippen LogP contribution in [0.1, 0.15) is 299 Å². The summed E-state index contributed by atoms with van der Waals surface area (Å²) in [6, 6.07) is 103. The molecule has 0 radical (unpaired) electrons. The Hall–Kier alpha value is -10.2. The van der Waals surface area contributed by atoms with Crippen molar-refractivity contribution < 1.29 is 40.9 Å². The molecule has 0 amide bonds. The topological polar surface area (TPSA) is 162 Å². The van der Waals surface area contributed by atoms with Crippen LogP contribution in [0.4, 0.5) is 0 Å². The van der Waals surface area contributed by atoms with E-state index in [1.807, 2.05) is 48.5 Å². The Labute approximate surface area is 749 Å². The average molecular weight is 1680 g/mol. The van der Waals surface area contributed by atoms with Crippen LogP contribution < -0.4 is 0 Å². The van der Waals surface area contributed by atoms with Crippen LogP contribution in [0.15, 0.2) is 297 Å². The molecule has 0 spiro atoms. The van der Waals surface area contributed by atoms with E-state index < -0.39 is 0 Å². The molecule has 14 rings (SSSR count). The Balaban J connectivity index is -0.000000425. The summed E-state index contributed by atoms with van der Waals surface area (Å²) in [5, 5.41) is 78.9. The second-order valence-corrected chi connectivity index (χ2v) is 29.3. The van der Waals surface area contributed by atoms with Gasteiger partial charge in [0.2, 0.25) is 0 Å². The summed E-state index contributed by atoms with van der Waals surface area (Å²) in [6.07, 6.45) is 9.33. The van der Waals surface area contributed by atoms with E-state index in [2.05, 4.69) is 335 Å². The fourth-order valence-corrected chi connectivity index (χ4v) is 13.2. The molecule has 676 valence electrons. The number of fused-ring (bicyclic) bond motifs is 6. The first-order chi connectivity index (χ1) is 56.8. The highest BCUT2D eigenvalue weighted by molar-refractivity contribution is 6.03. The second kappa shape index (κ2) is 70.3. The lowest BCUT2D eigenvalue weighted by atomic mass is 9.88. The lowest BCUT2D eigenvalue weighted by Gasteiger charge is -2.16. The molecule has 0 aromatic heterocycles. The number of rotatable bonds is 16. The van der Waals surface area contributed by atoms with Crippen LogP contribution in [0.25, 0.3) is 64.6 Å². The highest BCUT2D eigenvalue weighted by Crippen LogP contribution is 2.36. The Morgan fingerprint density at radius 1 is 0.187 bits per heavy atom. The van der Waals surface area contributed by atoms with Crippen LogP contribution in [0.5, 0.6) is 17.2 Å². The first-order valence-corrected chi connectivity index (χ1v) is 42.2. The maximum absolute atomic E-state index is 9.41. The standard InChI is InChI=1S/2C18H18.2C14H16.3C10H14O.C10H14.5CH4O.6CH4/c1-3-13(2)18-16-10-6-4-8-14(16)12-15-9-5-7-11-17(15)18;1-3-13(2)14-8-9-17-11-15-6-4-5-7-16(15)12-18(17)10-14;1-3-11(2)13-10-6-8-12-7-4-5-9-14(12)13;1-3-11(2)13-9-8-12-6-4-5-7-14(12)10-13;1-3-8(2)9-4-6-10(11)7-5-9;1-3-8(2)9-5-4-6-10(11)7-9;1-3-8(2)9-6-4-5-7-10(9)11;1-3-9(2)10-7-5-4-6-8-10;5*1-2;;;;;;/h2*4-13H,3H2,1-2H3;2*4-11H,3H2,1-2H3;3*4-8,11H,3H2,1-2H3;4-9H,3H2,1-2H3;5*2H,1H3;6*1H4. The van der Waals surface area contributed by atoms with Crippen molar-refractivity contribution in [3.05, 3.63) is 342 Å². The van der Waals surface area contributed by atoms with Gasteiger partial charge >= 0.3 is 0 Å². The molecule has 8 unspecified atom stereocenters. The molecular formula is C115H168O8. The molecule has 14 aromatic rings. The number of aliphatic hydroxyl groups excluding tert-OH is 5. The van der Waals surface area contributed by atoms with Crippen LogP contribution in [0.2, 0.25) is 0 Å². The molecule has 0 fully saturated rings. The largest absolute Gasteiger partial charge is 0.508 e. The van der Waals surface area contributed by atoms with Gasteiger partial charge in [0.1, 0.15) is 17.2 Å². The van der Waals surface area contributed by atoms with Gasteiger partial charge < -0.3 is 40.9 Å². The van der Waals surface area contributed by atoms with Crippen LogP contribution in [0, 0.1) is 0 Å².